The highest BCUT2D eigenvalue weighted by Crippen LogP contribution is 2.21. The lowest BCUT2D eigenvalue weighted by molar-refractivity contribution is 0.831. The lowest BCUT2D eigenvalue weighted by Gasteiger charge is -2.06. The molecule has 0 aliphatic heterocycles. The van der Waals surface area contributed by atoms with Gasteiger partial charge in [-0.25, -0.2) is 0 Å². The third-order valence-corrected chi connectivity index (χ3v) is 3.48. The van der Waals surface area contributed by atoms with Gasteiger partial charge < -0.3 is 4.57 Å². The van der Waals surface area contributed by atoms with E-state index in [9.17, 15) is 0 Å². The molecular formula is C15H10BrN3. The average Bonchev–Trinajstić information content (AvgIpc) is 2.82. The van der Waals surface area contributed by atoms with Gasteiger partial charge in [-0.1, -0.05) is 6.07 Å². The Morgan fingerprint density at radius 3 is 2.95 bits per heavy atom. The summed E-state index contributed by atoms with van der Waals surface area (Å²) in [5, 5.41) is 10.1. The van der Waals surface area contributed by atoms with Crippen molar-refractivity contribution in [3.8, 4) is 6.07 Å². The number of fused-ring (bicyclic) bond motifs is 1. The molecular weight excluding hydrogens is 302 g/mol. The Bertz CT molecular complexity index is 783. The maximum atomic E-state index is 9.10. The summed E-state index contributed by atoms with van der Waals surface area (Å²) in [5.74, 6) is 0. The van der Waals surface area contributed by atoms with Gasteiger partial charge in [0, 0.05) is 40.5 Å². The molecule has 0 fully saturated rings. The molecule has 92 valence electrons. The van der Waals surface area contributed by atoms with Crippen LogP contribution in [0.5, 0.6) is 0 Å². The van der Waals surface area contributed by atoms with Crippen LogP contribution in [0.25, 0.3) is 10.9 Å². The molecule has 0 N–H and O–H groups in total. The zero-order valence-electron chi connectivity index (χ0n) is 10.0. The van der Waals surface area contributed by atoms with Gasteiger partial charge in [-0.15, -0.1) is 0 Å². The summed E-state index contributed by atoms with van der Waals surface area (Å²) in [4.78, 5) is 4.17. The van der Waals surface area contributed by atoms with Crippen molar-refractivity contribution in [1.29, 1.82) is 5.26 Å². The summed E-state index contributed by atoms with van der Waals surface area (Å²) in [7, 11) is 0. The molecule has 0 saturated heterocycles. The van der Waals surface area contributed by atoms with Crippen LogP contribution in [0.1, 0.15) is 11.1 Å². The molecule has 0 aliphatic rings. The van der Waals surface area contributed by atoms with E-state index in [0.717, 1.165) is 27.5 Å². The predicted octanol–water partition coefficient (Wildman–Crippen LogP) is 3.72. The standard InChI is InChI=1S/C15H10BrN3/c16-13-6-11(8-18-9-13)10-19-5-4-14-12(7-17)2-1-3-15(14)19/h1-6,8-9H,10H2. The fraction of sp³-hybridized carbons (Fsp3) is 0.0667. The number of nitriles is 1. The first kappa shape index (κ1) is 11.9. The van der Waals surface area contributed by atoms with Gasteiger partial charge in [-0.05, 0) is 45.8 Å². The summed E-state index contributed by atoms with van der Waals surface area (Å²) in [6, 6.07) is 12.0. The highest BCUT2D eigenvalue weighted by Gasteiger charge is 2.05. The molecule has 0 saturated carbocycles. The molecule has 0 unspecified atom stereocenters. The molecule has 3 rings (SSSR count). The Kier molecular flexibility index (Phi) is 3.06. The van der Waals surface area contributed by atoms with Crippen LogP contribution < -0.4 is 0 Å². The quantitative estimate of drug-likeness (QED) is 0.724. The van der Waals surface area contributed by atoms with Crippen LogP contribution in [0.15, 0.2) is 53.4 Å². The summed E-state index contributed by atoms with van der Waals surface area (Å²) in [5.41, 5.74) is 2.90. The Balaban J connectivity index is 2.05. The van der Waals surface area contributed by atoms with Gasteiger partial charge in [-0.2, -0.15) is 5.26 Å². The van der Waals surface area contributed by atoms with E-state index in [4.69, 9.17) is 5.26 Å². The zero-order valence-corrected chi connectivity index (χ0v) is 11.6. The minimum atomic E-state index is 0.712. The largest absolute Gasteiger partial charge is 0.343 e. The normalized spacial score (nSPS) is 10.5. The Morgan fingerprint density at radius 2 is 2.16 bits per heavy atom. The van der Waals surface area contributed by atoms with Gasteiger partial charge in [0.15, 0.2) is 0 Å². The van der Waals surface area contributed by atoms with Crippen LogP contribution in [0.2, 0.25) is 0 Å². The van der Waals surface area contributed by atoms with Crippen molar-refractivity contribution >= 4 is 26.8 Å². The van der Waals surface area contributed by atoms with Gasteiger partial charge in [-0.3, -0.25) is 4.98 Å². The highest BCUT2D eigenvalue weighted by atomic mass is 79.9. The molecule has 0 bridgehead atoms. The van der Waals surface area contributed by atoms with E-state index in [-0.39, 0.29) is 0 Å². The number of aromatic nitrogens is 2. The van der Waals surface area contributed by atoms with Crippen LogP contribution in [0.4, 0.5) is 0 Å². The summed E-state index contributed by atoms with van der Waals surface area (Å²) in [6.07, 6.45) is 5.63. The smallest absolute Gasteiger partial charge is 0.0998 e. The maximum Gasteiger partial charge on any atom is 0.0998 e. The van der Waals surface area contributed by atoms with Gasteiger partial charge in [0.1, 0.15) is 0 Å². The topological polar surface area (TPSA) is 41.6 Å². The van der Waals surface area contributed by atoms with Gasteiger partial charge in [0.25, 0.3) is 0 Å². The fourth-order valence-electron chi connectivity index (χ4n) is 2.20. The molecule has 0 spiro atoms. The Hall–Kier alpha value is -2.12. The van der Waals surface area contributed by atoms with E-state index >= 15 is 0 Å². The van der Waals surface area contributed by atoms with Gasteiger partial charge in [0.2, 0.25) is 0 Å². The van der Waals surface area contributed by atoms with Crippen molar-refractivity contribution < 1.29 is 0 Å². The molecule has 4 heteroatoms. The molecule has 3 nitrogen and oxygen atoms in total. The van der Waals surface area contributed by atoms with Crippen molar-refractivity contribution in [2.45, 2.75) is 6.54 Å². The third-order valence-electron chi connectivity index (χ3n) is 3.05. The van der Waals surface area contributed by atoms with E-state index < -0.39 is 0 Å². The summed E-state index contributed by atoms with van der Waals surface area (Å²) < 4.78 is 3.10. The van der Waals surface area contributed by atoms with Gasteiger partial charge >= 0.3 is 0 Å². The molecule has 0 radical (unpaired) electrons. The lowest BCUT2D eigenvalue weighted by atomic mass is 10.1. The molecule has 3 aromatic rings. The van der Waals surface area contributed by atoms with Crippen molar-refractivity contribution in [3.05, 3.63) is 64.5 Å². The van der Waals surface area contributed by atoms with Crippen LogP contribution in [0.3, 0.4) is 0 Å². The van der Waals surface area contributed by atoms with Crippen molar-refractivity contribution in [2.24, 2.45) is 0 Å². The van der Waals surface area contributed by atoms with Crippen molar-refractivity contribution in [2.75, 3.05) is 0 Å². The predicted molar refractivity (Wildman–Crippen MR) is 77.7 cm³/mol. The monoisotopic (exact) mass is 311 g/mol. The number of hydrogen-bond acceptors (Lipinski definition) is 2. The number of pyridine rings is 1. The first-order chi connectivity index (χ1) is 9.28. The molecule has 19 heavy (non-hydrogen) atoms. The van der Waals surface area contributed by atoms with E-state index in [1.54, 1.807) is 6.20 Å². The second-order valence-electron chi connectivity index (χ2n) is 4.31. The molecule has 1 aromatic carbocycles. The first-order valence-electron chi connectivity index (χ1n) is 5.85. The van der Waals surface area contributed by atoms with Crippen LogP contribution in [-0.2, 0) is 6.54 Å². The number of benzene rings is 1. The van der Waals surface area contributed by atoms with Crippen LogP contribution in [-0.4, -0.2) is 9.55 Å². The second kappa shape index (κ2) is 4.87. The Labute approximate surface area is 119 Å². The minimum Gasteiger partial charge on any atom is -0.343 e. The van der Waals surface area contributed by atoms with E-state index in [0.29, 0.717) is 5.56 Å². The fourth-order valence-corrected chi connectivity index (χ4v) is 2.61. The summed E-state index contributed by atoms with van der Waals surface area (Å²) >= 11 is 3.42. The second-order valence-corrected chi connectivity index (χ2v) is 5.22. The number of hydrogen-bond donors (Lipinski definition) is 0. The molecule has 0 aliphatic carbocycles. The minimum absolute atomic E-state index is 0.712. The molecule has 2 heterocycles. The number of rotatable bonds is 2. The van der Waals surface area contributed by atoms with E-state index in [1.807, 2.05) is 42.7 Å². The Morgan fingerprint density at radius 1 is 1.26 bits per heavy atom. The van der Waals surface area contributed by atoms with Crippen molar-refractivity contribution in [3.63, 3.8) is 0 Å². The zero-order chi connectivity index (χ0) is 13.2. The average molecular weight is 312 g/mol. The van der Waals surface area contributed by atoms with Gasteiger partial charge in [0.05, 0.1) is 11.6 Å². The maximum absolute atomic E-state index is 9.10. The molecule has 0 amide bonds. The highest BCUT2D eigenvalue weighted by molar-refractivity contribution is 9.10. The number of nitrogens with zero attached hydrogens (tertiary/aromatic N) is 3. The van der Waals surface area contributed by atoms with Crippen LogP contribution >= 0.6 is 15.9 Å². The van der Waals surface area contributed by atoms with E-state index in [1.165, 1.54) is 0 Å². The first-order valence-corrected chi connectivity index (χ1v) is 6.64. The lowest BCUT2D eigenvalue weighted by Crippen LogP contribution is -1.98. The summed E-state index contributed by atoms with van der Waals surface area (Å²) in [6.45, 7) is 0.741. The van der Waals surface area contributed by atoms with E-state index in [2.05, 4.69) is 31.6 Å². The number of halogens is 1. The third kappa shape index (κ3) is 2.25. The molecule has 0 atom stereocenters. The van der Waals surface area contributed by atoms with Crippen LogP contribution in [0, 0.1) is 11.3 Å². The SMILES string of the molecule is N#Cc1cccc2c1ccn2Cc1cncc(Br)c1. The molecule has 2 aromatic heterocycles. The van der Waals surface area contributed by atoms with Crippen molar-refractivity contribution in [1.82, 2.24) is 9.55 Å².